The Morgan fingerprint density at radius 3 is 2.25 bits per heavy atom. The predicted octanol–water partition coefficient (Wildman–Crippen LogP) is 1.65. The molecule has 84 valence electrons. The monoisotopic (exact) mass is 219 g/mol. The van der Waals surface area contributed by atoms with Gasteiger partial charge in [0.2, 0.25) is 0 Å². The van der Waals surface area contributed by atoms with Crippen molar-refractivity contribution >= 4 is 5.97 Å². The van der Waals surface area contributed by atoms with Gasteiger partial charge in [0.05, 0.1) is 20.3 Å². The van der Waals surface area contributed by atoms with Gasteiger partial charge in [0.15, 0.2) is 5.41 Å². The van der Waals surface area contributed by atoms with E-state index in [0.29, 0.717) is 11.3 Å². The zero-order chi connectivity index (χ0) is 12.2. The summed E-state index contributed by atoms with van der Waals surface area (Å²) in [6, 6.07) is 8.73. The van der Waals surface area contributed by atoms with Crippen LogP contribution in [-0.4, -0.2) is 20.2 Å². The summed E-state index contributed by atoms with van der Waals surface area (Å²) in [5, 5.41) is 9.08. The predicted molar refractivity (Wildman–Crippen MR) is 58.0 cm³/mol. The summed E-state index contributed by atoms with van der Waals surface area (Å²) in [6.45, 7) is 1.53. The standard InChI is InChI=1S/C12H13NO3/c1-12(8-13,11(14)16-3)9-4-6-10(15-2)7-5-9/h4-7H,1-3H3. The molecule has 1 aromatic carbocycles. The summed E-state index contributed by atoms with van der Waals surface area (Å²) < 4.78 is 9.63. The first-order valence-electron chi connectivity index (χ1n) is 4.72. The zero-order valence-electron chi connectivity index (χ0n) is 9.48. The van der Waals surface area contributed by atoms with Crippen molar-refractivity contribution in [1.29, 1.82) is 5.26 Å². The van der Waals surface area contributed by atoms with Gasteiger partial charge in [0.25, 0.3) is 0 Å². The van der Waals surface area contributed by atoms with E-state index in [0.717, 1.165) is 0 Å². The van der Waals surface area contributed by atoms with Crippen molar-refractivity contribution in [2.45, 2.75) is 12.3 Å². The highest BCUT2D eigenvalue weighted by Gasteiger charge is 2.36. The SMILES string of the molecule is COC(=O)C(C)(C#N)c1ccc(OC)cc1. The summed E-state index contributed by atoms with van der Waals surface area (Å²) in [5.41, 5.74) is -0.691. The molecule has 0 saturated carbocycles. The second kappa shape index (κ2) is 4.67. The maximum atomic E-state index is 11.5. The smallest absolute Gasteiger partial charge is 0.330 e. The molecule has 0 aliphatic rings. The Balaban J connectivity index is 3.14. The maximum absolute atomic E-state index is 11.5. The molecule has 0 heterocycles. The van der Waals surface area contributed by atoms with E-state index in [1.807, 2.05) is 6.07 Å². The molecule has 0 saturated heterocycles. The topological polar surface area (TPSA) is 59.3 Å². The van der Waals surface area contributed by atoms with Gasteiger partial charge >= 0.3 is 5.97 Å². The number of carbonyl (C=O) groups excluding carboxylic acids is 1. The Labute approximate surface area is 94.4 Å². The lowest BCUT2D eigenvalue weighted by Crippen LogP contribution is -2.31. The average molecular weight is 219 g/mol. The number of nitriles is 1. The molecule has 16 heavy (non-hydrogen) atoms. The van der Waals surface area contributed by atoms with Crippen molar-refractivity contribution in [3.63, 3.8) is 0 Å². The normalized spacial score (nSPS) is 13.4. The molecule has 0 aliphatic heterocycles. The lowest BCUT2D eigenvalue weighted by molar-refractivity contribution is -0.144. The number of hydrogen-bond acceptors (Lipinski definition) is 4. The third-order valence-corrected chi connectivity index (χ3v) is 2.48. The van der Waals surface area contributed by atoms with Gasteiger partial charge in [-0.1, -0.05) is 12.1 Å². The molecule has 0 fully saturated rings. The quantitative estimate of drug-likeness (QED) is 0.725. The van der Waals surface area contributed by atoms with Crippen LogP contribution in [0.5, 0.6) is 5.75 Å². The van der Waals surface area contributed by atoms with E-state index in [1.165, 1.54) is 14.0 Å². The third-order valence-electron chi connectivity index (χ3n) is 2.48. The average Bonchev–Trinajstić information content (AvgIpc) is 2.36. The molecule has 1 rings (SSSR count). The van der Waals surface area contributed by atoms with Crippen LogP contribution in [0, 0.1) is 11.3 Å². The molecule has 1 unspecified atom stereocenters. The summed E-state index contributed by atoms with van der Waals surface area (Å²) >= 11 is 0. The lowest BCUT2D eigenvalue weighted by Gasteiger charge is -2.18. The first-order valence-corrected chi connectivity index (χ1v) is 4.72. The molecular weight excluding hydrogens is 206 g/mol. The molecule has 0 spiro atoms. The lowest BCUT2D eigenvalue weighted by atomic mass is 9.84. The van der Waals surface area contributed by atoms with Crippen molar-refractivity contribution in [3.8, 4) is 11.8 Å². The Bertz CT molecular complexity index is 419. The second-order valence-corrected chi connectivity index (χ2v) is 3.46. The number of ether oxygens (including phenoxy) is 2. The highest BCUT2D eigenvalue weighted by molar-refractivity contribution is 5.86. The van der Waals surface area contributed by atoms with E-state index in [9.17, 15) is 4.79 Å². The van der Waals surface area contributed by atoms with Crippen molar-refractivity contribution in [2.24, 2.45) is 0 Å². The zero-order valence-corrected chi connectivity index (χ0v) is 9.48. The fourth-order valence-electron chi connectivity index (χ4n) is 1.36. The van der Waals surface area contributed by atoms with Crippen LogP contribution in [0.2, 0.25) is 0 Å². The van der Waals surface area contributed by atoms with E-state index in [4.69, 9.17) is 10.00 Å². The molecule has 4 heteroatoms. The van der Waals surface area contributed by atoms with Crippen LogP contribution in [0.4, 0.5) is 0 Å². The van der Waals surface area contributed by atoms with E-state index < -0.39 is 11.4 Å². The third kappa shape index (κ3) is 1.98. The van der Waals surface area contributed by atoms with Crippen molar-refractivity contribution in [2.75, 3.05) is 14.2 Å². The first-order chi connectivity index (χ1) is 7.58. The minimum absolute atomic E-state index is 0.569. The fraction of sp³-hybridized carbons (Fsp3) is 0.333. The van der Waals surface area contributed by atoms with Crippen LogP contribution in [0.1, 0.15) is 12.5 Å². The van der Waals surface area contributed by atoms with E-state index in [1.54, 1.807) is 31.4 Å². The van der Waals surface area contributed by atoms with Gasteiger partial charge in [-0.05, 0) is 24.6 Å². The molecule has 1 aromatic rings. The summed E-state index contributed by atoms with van der Waals surface area (Å²) in [4.78, 5) is 11.5. The first kappa shape index (κ1) is 12.1. The number of esters is 1. The second-order valence-electron chi connectivity index (χ2n) is 3.46. The number of benzene rings is 1. The van der Waals surface area contributed by atoms with E-state index in [2.05, 4.69) is 4.74 Å². The van der Waals surface area contributed by atoms with Gasteiger partial charge in [-0.3, -0.25) is 0 Å². The molecule has 4 nitrogen and oxygen atoms in total. The molecule has 0 aliphatic carbocycles. The maximum Gasteiger partial charge on any atom is 0.330 e. The Hall–Kier alpha value is -2.02. The number of carbonyl (C=O) groups is 1. The van der Waals surface area contributed by atoms with E-state index >= 15 is 0 Å². The van der Waals surface area contributed by atoms with Crippen molar-refractivity contribution < 1.29 is 14.3 Å². The molecule has 0 bridgehead atoms. The van der Waals surface area contributed by atoms with Crippen molar-refractivity contribution in [3.05, 3.63) is 29.8 Å². The van der Waals surface area contributed by atoms with Crippen LogP contribution < -0.4 is 4.74 Å². The number of hydrogen-bond donors (Lipinski definition) is 0. The minimum atomic E-state index is -1.28. The highest BCUT2D eigenvalue weighted by Crippen LogP contribution is 2.26. The number of methoxy groups -OCH3 is 2. The summed E-state index contributed by atoms with van der Waals surface area (Å²) in [5.74, 6) is 0.106. The van der Waals surface area contributed by atoms with Gasteiger partial charge in [0.1, 0.15) is 5.75 Å². The molecule has 0 amide bonds. The molecule has 1 atom stereocenters. The van der Waals surface area contributed by atoms with E-state index in [-0.39, 0.29) is 0 Å². The molecule has 0 aromatic heterocycles. The van der Waals surface area contributed by atoms with Gasteiger partial charge in [-0.15, -0.1) is 0 Å². The van der Waals surface area contributed by atoms with Gasteiger partial charge < -0.3 is 9.47 Å². The minimum Gasteiger partial charge on any atom is -0.497 e. The molecular formula is C12H13NO3. The largest absolute Gasteiger partial charge is 0.497 e. The van der Waals surface area contributed by atoms with Crippen LogP contribution in [0.25, 0.3) is 0 Å². The molecule has 0 N–H and O–H groups in total. The Morgan fingerprint density at radius 1 is 1.31 bits per heavy atom. The summed E-state index contributed by atoms with van der Waals surface area (Å²) in [6.07, 6.45) is 0. The van der Waals surface area contributed by atoms with Crippen LogP contribution in [0.15, 0.2) is 24.3 Å². The van der Waals surface area contributed by atoms with Crippen LogP contribution >= 0.6 is 0 Å². The Morgan fingerprint density at radius 2 is 1.88 bits per heavy atom. The Kier molecular flexibility index (Phi) is 3.51. The van der Waals surface area contributed by atoms with Crippen LogP contribution in [-0.2, 0) is 14.9 Å². The fourth-order valence-corrected chi connectivity index (χ4v) is 1.36. The summed E-state index contributed by atoms with van der Waals surface area (Å²) in [7, 11) is 2.82. The van der Waals surface area contributed by atoms with Crippen molar-refractivity contribution in [1.82, 2.24) is 0 Å². The number of rotatable bonds is 3. The highest BCUT2D eigenvalue weighted by atomic mass is 16.5. The van der Waals surface area contributed by atoms with Crippen LogP contribution in [0.3, 0.4) is 0 Å². The van der Waals surface area contributed by atoms with Gasteiger partial charge in [0, 0.05) is 0 Å². The van der Waals surface area contributed by atoms with Gasteiger partial charge in [-0.2, -0.15) is 5.26 Å². The van der Waals surface area contributed by atoms with Gasteiger partial charge in [-0.25, -0.2) is 4.79 Å². The molecule has 0 radical (unpaired) electrons. The number of nitrogens with zero attached hydrogens (tertiary/aromatic N) is 1.